The number of fused-ring (bicyclic) bond motifs is 1. The minimum Gasteiger partial charge on any atom is -0.478 e. The number of nitrogens with two attached hydrogens (primary N) is 1. The van der Waals surface area contributed by atoms with Crippen LogP contribution in [0.5, 0.6) is 0 Å². The van der Waals surface area contributed by atoms with Gasteiger partial charge in [-0.25, -0.2) is 19.6 Å². The van der Waals surface area contributed by atoms with Gasteiger partial charge in [-0.15, -0.1) is 34.9 Å². The fourth-order valence-corrected chi connectivity index (χ4v) is 7.13. The van der Waals surface area contributed by atoms with Gasteiger partial charge in [-0.2, -0.15) is 0 Å². The number of nitrogens with one attached hydrogen (secondary N) is 1. The van der Waals surface area contributed by atoms with Crippen molar-refractivity contribution in [2.24, 2.45) is 5.16 Å². The normalized spacial score (nSPS) is 22.1. The number of aromatic carboxylic acids is 1. The topological polar surface area (TPSA) is 197 Å². The molecule has 2 amide bonds. The number of hydrogen-bond acceptors (Lipinski definition) is 12. The summed E-state index contributed by atoms with van der Waals surface area (Å²) in [5, 5.41) is 27.4. The molecule has 1 aliphatic carbocycles. The van der Waals surface area contributed by atoms with E-state index in [0.29, 0.717) is 10.6 Å². The number of anilines is 1. The summed E-state index contributed by atoms with van der Waals surface area (Å²) in [6.45, 7) is 0. The second kappa shape index (κ2) is 11.7. The molecule has 208 valence electrons. The summed E-state index contributed by atoms with van der Waals surface area (Å²) < 4.78 is 0. The van der Waals surface area contributed by atoms with E-state index in [2.05, 4.69) is 20.4 Å². The largest absolute Gasteiger partial charge is 0.478 e. The Morgan fingerprint density at radius 1 is 1.30 bits per heavy atom. The van der Waals surface area contributed by atoms with Crippen LogP contribution in [-0.4, -0.2) is 83.6 Å². The number of aliphatic carboxylic acids is 1. The van der Waals surface area contributed by atoms with Crippen molar-refractivity contribution in [2.75, 3.05) is 17.2 Å². The monoisotopic (exact) mass is 602 g/mol. The van der Waals surface area contributed by atoms with E-state index in [4.69, 9.17) is 10.6 Å². The van der Waals surface area contributed by atoms with E-state index in [1.54, 1.807) is 5.38 Å². The van der Waals surface area contributed by atoms with E-state index < -0.39 is 35.2 Å². The first-order valence-electron chi connectivity index (χ1n) is 11.9. The van der Waals surface area contributed by atoms with Crippen molar-refractivity contribution >= 4 is 69.5 Å². The zero-order valence-electron chi connectivity index (χ0n) is 20.6. The number of hydrogen-bond donors (Lipinski definition) is 4. The molecular weight excluding hydrogens is 581 g/mol. The highest BCUT2D eigenvalue weighted by Gasteiger charge is 2.54. The number of carbonyl (C=O) groups excluding carboxylic acids is 2. The van der Waals surface area contributed by atoms with Crippen molar-refractivity contribution in [3.05, 3.63) is 58.4 Å². The van der Waals surface area contributed by atoms with Crippen LogP contribution >= 0.6 is 34.9 Å². The lowest BCUT2D eigenvalue weighted by Gasteiger charge is -2.49. The molecule has 2 unspecified atom stereocenters. The lowest BCUT2D eigenvalue weighted by atomic mass is 10.0. The third kappa shape index (κ3) is 5.68. The van der Waals surface area contributed by atoms with Gasteiger partial charge >= 0.3 is 11.9 Å². The van der Waals surface area contributed by atoms with Gasteiger partial charge < -0.3 is 26.1 Å². The van der Waals surface area contributed by atoms with Crippen molar-refractivity contribution < 1.29 is 34.2 Å². The number of thiazole rings is 1. The number of rotatable bonds is 10. The van der Waals surface area contributed by atoms with Crippen molar-refractivity contribution in [3.8, 4) is 0 Å². The predicted molar refractivity (Wildman–Crippen MR) is 148 cm³/mol. The van der Waals surface area contributed by atoms with Gasteiger partial charge in [0.05, 0.1) is 10.6 Å². The maximum atomic E-state index is 13.2. The fraction of sp³-hybridized carbons (Fsp3) is 0.292. The SMILES string of the molecule is Nc1nc(/C(=N/OC2C=CCC2)C(=O)NC2C(=O)N3C(C(=O)O)=C(CSc4cc(C(=O)O)ccn4)CS[C@H]23)cs1. The van der Waals surface area contributed by atoms with E-state index in [1.807, 2.05) is 12.2 Å². The summed E-state index contributed by atoms with van der Waals surface area (Å²) in [6.07, 6.45) is 6.43. The number of nitrogens with zero attached hydrogens (tertiary/aromatic N) is 4. The van der Waals surface area contributed by atoms with Crippen molar-refractivity contribution in [1.29, 1.82) is 0 Å². The molecule has 3 aliphatic rings. The van der Waals surface area contributed by atoms with Crippen LogP contribution in [0.2, 0.25) is 0 Å². The third-order valence-corrected chi connectivity index (χ3v) is 9.17. The van der Waals surface area contributed by atoms with E-state index in [0.717, 1.165) is 29.1 Å². The predicted octanol–water partition coefficient (Wildman–Crippen LogP) is 1.79. The first-order valence-corrected chi connectivity index (χ1v) is 14.8. The first-order chi connectivity index (χ1) is 19.2. The molecular formula is C24H22N6O7S3. The zero-order valence-corrected chi connectivity index (χ0v) is 23.0. The van der Waals surface area contributed by atoms with Gasteiger partial charge in [0.15, 0.2) is 10.8 Å². The highest BCUT2D eigenvalue weighted by Crippen LogP contribution is 2.41. The number of allylic oxidation sites excluding steroid dienone is 1. The number of carboxylic acids is 2. The number of amides is 2. The summed E-state index contributed by atoms with van der Waals surface area (Å²) in [6, 6.07) is 1.78. The van der Waals surface area contributed by atoms with Crippen LogP contribution < -0.4 is 11.1 Å². The van der Waals surface area contributed by atoms with E-state index in [9.17, 15) is 29.4 Å². The standard InChI is InChI=1S/C24H22N6O7S3/c25-24-27-14(10-40-24)16(29-37-13-3-1-2-4-13)19(31)28-17-20(32)30-18(23(35)36)12(9-39-21(17)30)8-38-15-7-11(22(33)34)5-6-26-15/h1,3,5-7,10,13,17,21H,2,4,8-9H2,(H2,25,27)(H,28,31)(H,33,34)(H,35,36)/b29-16-/t13?,17?,21-/m1/s1. The Morgan fingerprint density at radius 2 is 2.12 bits per heavy atom. The van der Waals surface area contributed by atoms with Crippen molar-refractivity contribution in [3.63, 3.8) is 0 Å². The molecule has 1 fully saturated rings. The van der Waals surface area contributed by atoms with Crippen LogP contribution in [0.1, 0.15) is 28.9 Å². The van der Waals surface area contributed by atoms with Crippen molar-refractivity contribution in [1.82, 2.24) is 20.2 Å². The van der Waals surface area contributed by atoms with Crippen LogP contribution in [0.3, 0.4) is 0 Å². The minimum absolute atomic E-state index is 0.0629. The van der Waals surface area contributed by atoms with Crippen molar-refractivity contribution in [2.45, 2.75) is 35.4 Å². The Morgan fingerprint density at radius 3 is 2.80 bits per heavy atom. The highest BCUT2D eigenvalue weighted by molar-refractivity contribution is 8.01. The number of oxime groups is 1. The molecule has 1 saturated heterocycles. The Labute approximate surface area is 239 Å². The minimum atomic E-state index is -1.27. The Kier molecular flexibility index (Phi) is 8.09. The molecule has 0 aromatic carbocycles. The second-order valence-corrected chi connectivity index (χ2v) is 11.7. The molecule has 2 aromatic heterocycles. The lowest BCUT2D eigenvalue weighted by molar-refractivity contribution is -0.150. The maximum absolute atomic E-state index is 13.2. The fourth-order valence-electron chi connectivity index (χ4n) is 4.20. The van der Waals surface area contributed by atoms with Crippen LogP contribution in [0.25, 0.3) is 0 Å². The number of carboxylic acid groups (broad SMARTS) is 2. The summed E-state index contributed by atoms with van der Waals surface area (Å²) >= 11 is 3.61. The summed E-state index contributed by atoms with van der Waals surface area (Å²) in [4.78, 5) is 64.6. The van der Waals surface area contributed by atoms with Crippen LogP contribution in [-0.2, 0) is 19.2 Å². The average Bonchev–Trinajstić information content (AvgIpc) is 3.62. The lowest BCUT2D eigenvalue weighted by Crippen LogP contribution is -2.71. The number of pyridine rings is 1. The van der Waals surface area contributed by atoms with E-state index >= 15 is 0 Å². The maximum Gasteiger partial charge on any atom is 0.352 e. The third-order valence-electron chi connectivity index (χ3n) is 6.14. The number of carbonyl (C=O) groups is 4. The molecule has 0 saturated carbocycles. The zero-order chi connectivity index (χ0) is 28.4. The molecule has 40 heavy (non-hydrogen) atoms. The Bertz CT molecular complexity index is 1470. The summed E-state index contributed by atoms with van der Waals surface area (Å²) in [5.41, 5.74) is 6.19. The number of nitrogen functional groups attached to an aromatic ring is 1. The smallest absolute Gasteiger partial charge is 0.352 e. The Hall–Kier alpha value is -3.89. The molecule has 4 heterocycles. The Balaban J connectivity index is 1.30. The molecule has 0 bridgehead atoms. The summed E-state index contributed by atoms with van der Waals surface area (Å²) in [5.74, 6) is -3.17. The molecule has 2 aromatic rings. The highest BCUT2D eigenvalue weighted by atomic mass is 32.2. The summed E-state index contributed by atoms with van der Waals surface area (Å²) in [7, 11) is 0. The molecule has 5 rings (SSSR count). The van der Waals surface area contributed by atoms with Gasteiger partial charge in [-0.05, 0) is 36.6 Å². The number of aromatic nitrogens is 2. The van der Waals surface area contributed by atoms with Gasteiger partial charge in [-0.1, -0.05) is 11.2 Å². The van der Waals surface area contributed by atoms with Gasteiger partial charge in [0.1, 0.15) is 28.9 Å². The average molecular weight is 603 g/mol. The van der Waals surface area contributed by atoms with E-state index in [-0.39, 0.29) is 45.4 Å². The second-order valence-electron chi connectivity index (χ2n) is 8.76. The molecule has 5 N–H and O–H groups in total. The van der Waals surface area contributed by atoms with Crippen LogP contribution in [0.15, 0.2) is 57.3 Å². The first kappa shape index (κ1) is 27.7. The number of β-lactam (4-membered cyclic amide) rings is 1. The quantitative estimate of drug-likeness (QED) is 0.101. The van der Waals surface area contributed by atoms with Gasteiger partial charge in [-0.3, -0.25) is 14.5 Å². The van der Waals surface area contributed by atoms with Gasteiger partial charge in [0.2, 0.25) is 0 Å². The van der Waals surface area contributed by atoms with Gasteiger partial charge in [0.25, 0.3) is 11.8 Å². The molecule has 3 atom stereocenters. The molecule has 0 radical (unpaired) electrons. The van der Waals surface area contributed by atoms with Crippen LogP contribution in [0.4, 0.5) is 5.13 Å². The molecule has 2 aliphatic heterocycles. The molecule has 13 nitrogen and oxygen atoms in total. The van der Waals surface area contributed by atoms with Gasteiger partial charge in [0, 0.05) is 23.1 Å². The number of thioether (sulfide) groups is 2. The molecule has 16 heteroatoms. The van der Waals surface area contributed by atoms with Crippen LogP contribution in [0, 0.1) is 0 Å². The van der Waals surface area contributed by atoms with E-state index in [1.165, 1.54) is 41.9 Å². The molecule has 0 spiro atoms.